The first-order chi connectivity index (χ1) is 18.8. The van der Waals surface area contributed by atoms with Crippen LogP contribution in [-0.2, 0) is 9.84 Å². The molecule has 0 bridgehead atoms. The zero-order valence-electron chi connectivity index (χ0n) is 23.7. The van der Waals surface area contributed by atoms with E-state index in [0.717, 1.165) is 37.7 Å². The van der Waals surface area contributed by atoms with Gasteiger partial charge in [-0.25, -0.2) is 13.2 Å². The van der Waals surface area contributed by atoms with Crippen LogP contribution < -0.4 is 4.74 Å². The molecule has 0 aromatic heterocycles. The Hall–Kier alpha value is -2.54. The van der Waals surface area contributed by atoms with Crippen molar-refractivity contribution in [2.24, 2.45) is 0 Å². The summed E-state index contributed by atoms with van der Waals surface area (Å²) in [7, 11) is -3.14. The molecule has 0 aliphatic carbocycles. The van der Waals surface area contributed by atoms with Crippen LogP contribution in [-0.4, -0.2) is 37.0 Å². The maximum atomic E-state index is 12.4. The van der Waals surface area contributed by atoms with E-state index in [1.165, 1.54) is 82.8 Å². The molecule has 2 aromatic rings. The van der Waals surface area contributed by atoms with Gasteiger partial charge in [-0.1, -0.05) is 108 Å². The smallest absolute Gasteiger partial charge is 0.339 e. The van der Waals surface area contributed by atoms with Crippen LogP contribution in [0.2, 0.25) is 0 Å². The zero-order chi connectivity index (χ0) is 28.3. The highest BCUT2D eigenvalue weighted by Gasteiger charge is 2.13. The van der Waals surface area contributed by atoms with Crippen molar-refractivity contribution in [1.82, 2.24) is 0 Å². The third-order valence-corrected chi connectivity index (χ3v) is 8.97. The summed E-state index contributed by atoms with van der Waals surface area (Å²) >= 11 is 0. The maximum absolute atomic E-state index is 12.4. The van der Waals surface area contributed by atoms with E-state index in [0.29, 0.717) is 17.3 Å². The van der Waals surface area contributed by atoms with Crippen molar-refractivity contribution in [1.29, 1.82) is 0 Å². The summed E-state index contributed by atoms with van der Waals surface area (Å²) in [4.78, 5) is 11.5. The average Bonchev–Trinajstić information content (AvgIpc) is 2.91. The maximum Gasteiger partial charge on any atom is 0.339 e. The molecule has 0 heterocycles. The number of aryl methyl sites for hydroxylation is 1. The van der Waals surface area contributed by atoms with Gasteiger partial charge in [0.1, 0.15) is 17.1 Å². The molecule has 0 atom stereocenters. The molecule has 7 heteroatoms. The molecule has 0 spiro atoms. The molecule has 39 heavy (non-hydrogen) atoms. The molecule has 0 saturated heterocycles. The van der Waals surface area contributed by atoms with Crippen LogP contribution in [0.5, 0.6) is 11.5 Å². The summed E-state index contributed by atoms with van der Waals surface area (Å²) in [5, 5.41) is 18.6. The average molecular weight is 561 g/mol. The molecule has 0 aliphatic rings. The first-order valence-corrected chi connectivity index (χ1v) is 16.4. The van der Waals surface area contributed by atoms with Gasteiger partial charge in [0.15, 0.2) is 9.84 Å². The summed E-state index contributed by atoms with van der Waals surface area (Å²) < 4.78 is 30.3. The lowest BCUT2D eigenvalue weighted by Gasteiger charge is -2.08. The molecule has 0 radical (unpaired) electrons. The van der Waals surface area contributed by atoms with Crippen molar-refractivity contribution in [3.63, 3.8) is 0 Å². The molecule has 218 valence electrons. The number of aromatic carboxylic acids is 1. The van der Waals surface area contributed by atoms with Gasteiger partial charge in [0.25, 0.3) is 0 Å². The summed E-state index contributed by atoms with van der Waals surface area (Å²) in [5.74, 6) is -0.675. The second-order valence-electron chi connectivity index (χ2n) is 10.6. The van der Waals surface area contributed by atoms with E-state index in [1.807, 2.05) is 19.1 Å². The van der Waals surface area contributed by atoms with Crippen LogP contribution in [0.1, 0.15) is 119 Å². The molecule has 2 aromatic carbocycles. The Morgan fingerprint density at radius 3 is 1.64 bits per heavy atom. The number of hydrogen-bond acceptors (Lipinski definition) is 5. The fraction of sp³-hybridized carbons (Fsp3) is 0.594. The molecule has 0 saturated carbocycles. The zero-order valence-corrected chi connectivity index (χ0v) is 24.5. The molecular formula is C32H48O6S. The van der Waals surface area contributed by atoms with E-state index in [1.54, 1.807) is 18.2 Å². The third-order valence-electron chi connectivity index (χ3n) is 7.15. The van der Waals surface area contributed by atoms with Crippen LogP contribution in [0.25, 0.3) is 0 Å². The van der Waals surface area contributed by atoms with Gasteiger partial charge >= 0.3 is 5.97 Å². The summed E-state index contributed by atoms with van der Waals surface area (Å²) in [5.41, 5.74) is 0.943. The van der Waals surface area contributed by atoms with Gasteiger partial charge in [0.05, 0.1) is 17.3 Å². The molecular weight excluding hydrogens is 512 g/mol. The van der Waals surface area contributed by atoms with Crippen LogP contribution >= 0.6 is 0 Å². The second-order valence-corrected chi connectivity index (χ2v) is 12.7. The number of unbranched alkanes of at least 4 members (excludes halogenated alkanes) is 15. The lowest BCUT2D eigenvalue weighted by Crippen LogP contribution is -2.06. The number of ether oxygens (including phenoxy) is 1. The number of sulfone groups is 1. The highest BCUT2D eigenvalue weighted by molar-refractivity contribution is 7.91. The summed E-state index contributed by atoms with van der Waals surface area (Å²) in [6.07, 6.45) is 18.9. The van der Waals surface area contributed by atoms with Gasteiger partial charge in [0.2, 0.25) is 0 Å². The Kier molecular flexibility index (Phi) is 15.7. The second kappa shape index (κ2) is 18.7. The Labute approximate surface area is 235 Å². The van der Waals surface area contributed by atoms with Crippen molar-refractivity contribution in [2.75, 3.05) is 12.4 Å². The minimum absolute atomic E-state index is 0.135. The predicted octanol–water partition coefficient (Wildman–Crippen LogP) is 8.49. The van der Waals surface area contributed by atoms with Gasteiger partial charge < -0.3 is 14.9 Å². The lowest BCUT2D eigenvalue weighted by atomic mass is 10.0. The van der Waals surface area contributed by atoms with Crippen molar-refractivity contribution < 1.29 is 28.2 Å². The van der Waals surface area contributed by atoms with Gasteiger partial charge in [-0.3, -0.25) is 0 Å². The molecule has 0 unspecified atom stereocenters. The number of carbonyl (C=O) groups is 1. The number of aromatic hydroxyl groups is 1. The van der Waals surface area contributed by atoms with Crippen LogP contribution in [0.15, 0.2) is 47.4 Å². The fourth-order valence-electron chi connectivity index (χ4n) is 4.70. The van der Waals surface area contributed by atoms with E-state index >= 15 is 0 Å². The standard InChI is InChI=1S/C32H48O6S/c1-27-18-21-29(22-19-27)39(36,37)25-17-15-13-11-9-7-5-3-2-4-6-8-10-12-14-16-24-38-28-20-23-31(33)30(26-28)32(34)35/h18-23,26,33H,2-17,24-25H2,1H3,(H,34,35). The Morgan fingerprint density at radius 1 is 0.692 bits per heavy atom. The number of benzene rings is 2. The fourth-order valence-corrected chi connectivity index (χ4v) is 6.07. The Bertz CT molecular complexity index is 1060. The number of phenols is 1. The minimum atomic E-state index is -3.14. The van der Waals surface area contributed by atoms with Crippen molar-refractivity contribution in [2.45, 2.75) is 115 Å². The predicted molar refractivity (Wildman–Crippen MR) is 158 cm³/mol. The quantitative estimate of drug-likeness (QED) is 0.140. The van der Waals surface area contributed by atoms with Gasteiger partial charge in [0, 0.05) is 0 Å². The van der Waals surface area contributed by atoms with Crippen molar-refractivity contribution in [3.8, 4) is 11.5 Å². The normalized spacial score (nSPS) is 11.5. The SMILES string of the molecule is Cc1ccc(S(=O)(=O)CCCCCCCCCCCCCCCCCCOc2ccc(O)c(C(=O)O)c2)cc1. The summed E-state index contributed by atoms with van der Waals surface area (Å²) in [6, 6.07) is 11.5. The minimum Gasteiger partial charge on any atom is -0.507 e. The monoisotopic (exact) mass is 560 g/mol. The number of carboxylic acid groups (broad SMARTS) is 1. The molecule has 2 N–H and O–H groups in total. The Balaban J connectivity index is 1.32. The first kappa shape index (κ1) is 32.7. The van der Waals surface area contributed by atoms with Crippen LogP contribution in [0.4, 0.5) is 0 Å². The van der Waals surface area contributed by atoms with E-state index in [4.69, 9.17) is 9.84 Å². The molecule has 2 rings (SSSR count). The third kappa shape index (κ3) is 13.9. The first-order valence-electron chi connectivity index (χ1n) is 14.8. The number of hydrogen-bond donors (Lipinski definition) is 2. The number of carboxylic acids is 1. The van der Waals surface area contributed by atoms with Gasteiger partial charge in [-0.2, -0.15) is 0 Å². The highest BCUT2D eigenvalue weighted by atomic mass is 32.2. The van der Waals surface area contributed by atoms with Gasteiger partial charge in [-0.05, 0) is 50.1 Å². The van der Waals surface area contributed by atoms with Crippen LogP contribution in [0.3, 0.4) is 0 Å². The topological polar surface area (TPSA) is 101 Å². The van der Waals surface area contributed by atoms with Crippen molar-refractivity contribution in [3.05, 3.63) is 53.6 Å². The lowest BCUT2D eigenvalue weighted by molar-refractivity contribution is 0.0693. The molecule has 6 nitrogen and oxygen atoms in total. The number of rotatable bonds is 22. The van der Waals surface area contributed by atoms with E-state index < -0.39 is 15.8 Å². The largest absolute Gasteiger partial charge is 0.507 e. The summed E-state index contributed by atoms with van der Waals surface area (Å²) in [6.45, 7) is 2.52. The van der Waals surface area contributed by atoms with Crippen molar-refractivity contribution >= 4 is 15.8 Å². The molecule has 0 fully saturated rings. The van der Waals surface area contributed by atoms with Gasteiger partial charge in [-0.15, -0.1) is 0 Å². The Morgan fingerprint density at radius 2 is 1.15 bits per heavy atom. The van der Waals surface area contributed by atoms with E-state index in [9.17, 15) is 18.3 Å². The highest BCUT2D eigenvalue weighted by Crippen LogP contribution is 2.23. The van der Waals surface area contributed by atoms with E-state index in [-0.39, 0.29) is 17.1 Å². The molecule has 0 amide bonds. The van der Waals surface area contributed by atoms with E-state index in [2.05, 4.69) is 0 Å². The molecule has 0 aliphatic heterocycles. The van der Waals surface area contributed by atoms with Crippen LogP contribution in [0, 0.1) is 6.92 Å².